The van der Waals surface area contributed by atoms with E-state index in [-0.39, 0.29) is 5.60 Å². The molecule has 1 aliphatic rings. The Kier molecular flexibility index (Phi) is 4.41. The van der Waals surface area contributed by atoms with Crippen LogP contribution in [0.15, 0.2) is 29.0 Å². The van der Waals surface area contributed by atoms with Crippen LogP contribution in [-0.4, -0.2) is 58.8 Å². The van der Waals surface area contributed by atoms with Gasteiger partial charge in [0, 0.05) is 37.6 Å². The fourth-order valence-corrected chi connectivity index (χ4v) is 3.88. The van der Waals surface area contributed by atoms with Crippen molar-refractivity contribution in [2.24, 2.45) is 0 Å². The highest BCUT2D eigenvalue weighted by molar-refractivity contribution is 7.08. The molecule has 0 aliphatic carbocycles. The molecule has 1 fully saturated rings. The number of thiophene rings is 1. The Hall–Kier alpha value is -2.03. The van der Waals surface area contributed by atoms with Crippen LogP contribution in [0.4, 0.5) is 5.82 Å². The lowest BCUT2D eigenvalue weighted by atomic mass is 10.0. The lowest BCUT2D eigenvalue weighted by molar-refractivity contribution is -0.0369. The molecule has 4 rings (SSSR count). The highest BCUT2D eigenvalue weighted by Crippen LogP contribution is 2.26. The molecule has 1 unspecified atom stereocenters. The minimum absolute atomic E-state index is 0.260. The van der Waals surface area contributed by atoms with Gasteiger partial charge in [-0.25, -0.2) is 0 Å². The predicted molar refractivity (Wildman–Crippen MR) is 97.2 cm³/mol. The van der Waals surface area contributed by atoms with Crippen molar-refractivity contribution in [3.05, 3.63) is 29.0 Å². The summed E-state index contributed by atoms with van der Waals surface area (Å²) in [5.74, 6) is 1.62. The number of likely N-dealkylation sites (N-methyl/N-ethyl adjacent to an activating group) is 1. The van der Waals surface area contributed by atoms with Crippen molar-refractivity contribution < 1.29 is 9.47 Å². The summed E-state index contributed by atoms with van der Waals surface area (Å²) in [4.78, 5) is 2.11. The second-order valence-corrected chi connectivity index (χ2v) is 7.05. The van der Waals surface area contributed by atoms with Crippen LogP contribution in [0.25, 0.3) is 17.0 Å². The third-order valence-corrected chi connectivity index (χ3v) is 5.15. The van der Waals surface area contributed by atoms with Gasteiger partial charge in [-0.1, -0.05) is 0 Å². The normalized spacial score (nSPS) is 20.4. The second kappa shape index (κ2) is 6.70. The average molecular weight is 359 g/mol. The van der Waals surface area contributed by atoms with Crippen molar-refractivity contribution in [3.8, 4) is 11.4 Å². The zero-order valence-corrected chi connectivity index (χ0v) is 15.2. The van der Waals surface area contributed by atoms with Crippen LogP contribution < -0.4 is 4.90 Å². The minimum Gasteiger partial charge on any atom is -0.378 e. The van der Waals surface area contributed by atoms with Gasteiger partial charge in [0.25, 0.3) is 0 Å². The lowest BCUT2D eigenvalue weighted by Gasteiger charge is -2.32. The van der Waals surface area contributed by atoms with E-state index in [1.165, 1.54) is 0 Å². The van der Waals surface area contributed by atoms with Crippen LogP contribution in [0, 0.1) is 0 Å². The topological polar surface area (TPSA) is 64.8 Å². The molecule has 8 heteroatoms. The number of ether oxygens (including phenoxy) is 2. The van der Waals surface area contributed by atoms with Gasteiger partial charge in [0.1, 0.15) is 11.4 Å². The Balaban J connectivity index is 1.63. The number of fused-ring (bicyclic) bond motifs is 1. The maximum absolute atomic E-state index is 6.01. The summed E-state index contributed by atoms with van der Waals surface area (Å²) in [5.41, 5.74) is 1.51. The molecule has 0 aromatic carbocycles. The van der Waals surface area contributed by atoms with Crippen LogP contribution >= 0.6 is 11.3 Å². The first kappa shape index (κ1) is 16.4. The quantitative estimate of drug-likeness (QED) is 0.674. The van der Waals surface area contributed by atoms with Crippen LogP contribution in [0.5, 0.6) is 0 Å². The Morgan fingerprint density at radius 1 is 1.36 bits per heavy atom. The molecule has 0 saturated carbocycles. The molecule has 25 heavy (non-hydrogen) atoms. The van der Waals surface area contributed by atoms with Crippen molar-refractivity contribution in [3.63, 3.8) is 0 Å². The van der Waals surface area contributed by atoms with Crippen LogP contribution in [0.1, 0.15) is 13.3 Å². The maximum Gasteiger partial charge on any atom is 0.186 e. The molecule has 0 spiro atoms. The van der Waals surface area contributed by atoms with E-state index in [4.69, 9.17) is 14.6 Å². The van der Waals surface area contributed by atoms with Gasteiger partial charge in [0.2, 0.25) is 0 Å². The van der Waals surface area contributed by atoms with Crippen molar-refractivity contribution in [1.29, 1.82) is 0 Å². The molecule has 0 bridgehead atoms. The van der Waals surface area contributed by atoms with E-state index in [0.717, 1.165) is 42.4 Å². The summed E-state index contributed by atoms with van der Waals surface area (Å²) in [7, 11) is 2.03. The molecular formula is C17H21N5O2S. The summed E-state index contributed by atoms with van der Waals surface area (Å²) >= 11 is 1.63. The molecule has 7 nitrogen and oxygen atoms in total. The number of anilines is 1. The van der Waals surface area contributed by atoms with Gasteiger partial charge >= 0.3 is 0 Å². The Morgan fingerprint density at radius 2 is 2.28 bits per heavy atom. The van der Waals surface area contributed by atoms with Crippen LogP contribution in [0.3, 0.4) is 0 Å². The van der Waals surface area contributed by atoms with Crippen molar-refractivity contribution >= 4 is 22.8 Å². The monoisotopic (exact) mass is 359 g/mol. The number of hydrogen-bond acceptors (Lipinski definition) is 7. The van der Waals surface area contributed by atoms with E-state index < -0.39 is 0 Å². The van der Waals surface area contributed by atoms with Crippen LogP contribution in [-0.2, 0) is 9.47 Å². The predicted octanol–water partition coefficient (Wildman–Crippen LogP) is 2.48. The first-order chi connectivity index (χ1) is 12.2. The summed E-state index contributed by atoms with van der Waals surface area (Å²) in [5, 5.41) is 17.3. The van der Waals surface area contributed by atoms with Gasteiger partial charge in [-0.2, -0.15) is 15.9 Å². The Morgan fingerprint density at radius 3 is 3.00 bits per heavy atom. The van der Waals surface area contributed by atoms with Crippen molar-refractivity contribution in [2.45, 2.75) is 18.9 Å². The molecule has 0 amide bonds. The third kappa shape index (κ3) is 3.12. The highest BCUT2D eigenvalue weighted by atomic mass is 32.1. The smallest absolute Gasteiger partial charge is 0.186 e. The second-order valence-electron chi connectivity index (χ2n) is 6.27. The van der Waals surface area contributed by atoms with Crippen molar-refractivity contribution in [1.82, 2.24) is 19.8 Å². The van der Waals surface area contributed by atoms with Crippen molar-refractivity contribution in [2.75, 3.05) is 38.3 Å². The summed E-state index contributed by atoms with van der Waals surface area (Å²) in [6.07, 6.45) is 0.903. The first-order valence-corrected chi connectivity index (χ1v) is 9.33. The highest BCUT2D eigenvalue weighted by Gasteiger charge is 2.37. The number of rotatable bonds is 6. The molecule has 3 aromatic heterocycles. The van der Waals surface area contributed by atoms with Gasteiger partial charge < -0.3 is 14.4 Å². The molecule has 0 N–H and O–H groups in total. The summed E-state index contributed by atoms with van der Waals surface area (Å²) in [6, 6.07) is 5.94. The molecule has 1 atom stereocenters. The van der Waals surface area contributed by atoms with E-state index in [1.54, 1.807) is 15.9 Å². The van der Waals surface area contributed by atoms with Gasteiger partial charge in [-0.3, -0.25) is 0 Å². The first-order valence-electron chi connectivity index (χ1n) is 8.39. The van der Waals surface area contributed by atoms with E-state index >= 15 is 0 Å². The minimum atomic E-state index is -0.260. The zero-order chi connectivity index (χ0) is 17.3. The largest absolute Gasteiger partial charge is 0.378 e. The molecule has 132 valence electrons. The lowest BCUT2D eigenvalue weighted by Crippen LogP contribution is -2.45. The molecular weight excluding hydrogens is 338 g/mol. The average Bonchev–Trinajstić information content (AvgIpc) is 3.35. The summed E-state index contributed by atoms with van der Waals surface area (Å²) in [6.45, 7) is 4.80. The molecule has 1 aliphatic heterocycles. The molecule has 0 radical (unpaired) electrons. The van der Waals surface area contributed by atoms with Gasteiger partial charge in [0.05, 0.1) is 13.2 Å². The molecule has 1 saturated heterocycles. The van der Waals surface area contributed by atoms with Crippen LogP contribution in [0.2, 0.25) is 0 Å². The van der Waals surface area contributed by atoms with E-state index in [0.29, 0.717) is 13.2 Å². The van der Waals surface area contributed by atoms with Gasteiger partial charge in [0.15, 0.2) is 11.5 Å². The molecule has 3 aromatic rings. The fraction of sp³-hybridized carbons (Fsp3) is 0.471. The SMILES string of the molecule is CCOC1(CN(C)c2ccc3nnc(-c4ccsc4)n3n2)CCOC1. The fourth-order valence-electron chi connectivity index (χ4n) is 3.25. The standard InChI is InChI=1S/C17H21N5O2S/c1-3-24-17(7-8-23-12-17)11-21(2)15-5-4-14-18-19-16(22(14)20-15)13-6-9-25-10-13/h4-6,9-10H,3,7-8,11-12H2,1-2H3. The van der Waals surface area contributed by atoms with E-state index in [2.05, 4.69) is 20.5 Å². The Labute approximate surface area is 150 Å². The number of nitrogens with zero attached hydrogens (tertiary/aromatic N) is 5. The van der Waals surface area contributed by atoms with Gasteiger partial charge in [-0.15, -0.1) is 15.3 Å². The third-order valence-electron chi connectivity index (χ3n) is 4.46. The number of hydrogen-bond donors (Lipinski definition) is 0. The van der Waals surface area contributed by atoms with E-state index in [1.807, 2.05) is 37.6 Å². The van der Waals surface area contributed by atoms with E-state index in [9.17, 15) is 0 Å². The summed E-state index contributed by atoms with van der Waals surface area (Å²) < 4.78 is 13.4. The maximum atomic E-state index is 6.01. The Bertz CT molecular complexity index is 842. The molecule has 4 heterocycles. The number of aromatic nitrogens is 4. The zero-order valence-electron chi connectivity index (χ0n) is 14.4. The van der Waals surface area contributed by atoms with Gasteiger partial charge in [-0.05, 0) is 30.5 Å².